The van der Waals surface area contributed by atoms with Gasteiger partial charge in [0, 0.05) is 36.1 Å². The van der Waals surface area contributed by atoms with Crippen LogP contribution in [0.5, 0.6) is 0 Å². The summed E-state index contributed by atoms with van der Waals surface area (Å²) in [5.41, 5.74) is 3.30. The van der Waals surface area contributed by atoms with E-state index in [2.05, 4.69) is 39.7 Å². The summed E-state index contributed by atoms with van der Waals surface area (Å²) in [7, 11) is 1.93. The minimum Gasteiger partial charge on any atom is -0.475 e. The number of rotatable bonds is 3. The average molecular weight is 414 g/mol. The predicted octanol–water partition coefficient (Wildman–Crippen LogP) is 5.01. The number of nitrogens with one attached hydrogen (secondary N) is 1. The maximum Gasteiger partial charge on any atom is 0.490 e. The quantitative estimate of drug-likeness (QED) is 0.493. The first-order valence-electron chi connectivity index (χ1n) is 8.73. The van der Waals surface area contributed by atoms with Crippen LogP contribution >= 0.6 is 0 Å². The van der Waals surface area contributed by atoms with Gasteiger partial charge in [0.15, 0.2) is 0 Å². The molecule has 0 radical (unpaired) electrons. The Kier molecular flexibility index (Phi) is 6.01. The third kappa shape index (κ3) is 5.34. The zero-order valence-corrected chi connectivity index (χ0v) is 15.8. The van der Waals surface area contributed by atoms with Crippen LogP contribution in [0.15, 0.2) is 73.2 Å². The summed E-state index contributed by atoms with van der Waals surface area (Å²) in [6.07, 6.45) is 0.713. The first-order valence-corrected chi connectivity index (χ1v) is 8.73. The van der Waals surface area contributed by atoms with Gasteiger partial charge in [0.25, 0.3) is 0 Å². The number of benzene rings is 2. The summed E-state index contributed by atoms with van der Waals surface area (Å²) in [4.78, 5) is 13.4. The van der Waals surface area contributed by atoms with Gasteiger partial charge in [-0.1, -0.05) is 30.3 Å². The number of alkyl halides is 3. The molecule has 2 aromatic heterocycles. The van der Waals surface area contributed by atoms with Gasteiger partial charge in [-0.2, -0.15) is 18.3 Å². The lowest BCUT2D eigenvalue weighted by molar-refractivity contribution is -0.192. The van der Waals surface area contributed by atoms with E-state index in [1.807, 2.05) is 60.7 Å². The molecule has 0 amide bonds. The molecule has 4 rings (SSSR count). The van der Waals surface area contributed by atoms with Gasteiger partial charge in [-0.3, -0.25) is 4.68 Å². The van der Waals surface area contributed by atoms with E-state index in [-0.39, 0.29) is 0 Å². The number of aliphatic carboxylic acids is 1. The highest BCUT2D eigenvalue weighted by molar-refractivity contribution is 5.88. The largest absolute Gasteiger partial charge is 0.490 e. The topological polar surface area (TPSA) is 80.0 Å². The Hall–Kier alpha value is -3.88. The van der Waals surface area contributed by atoms with Crippen LogP contribution in [-0.2, 0) is 11.8 Å². The highest BCUT2D eigenvalue weighted by atomic mass is 19.4. The normalized spacial score (nSPS) is 10.9. The number of aromatic nitrogens is 3. The Balaban J connectivity index is 0.000000318. The van der Waals surface area contributed by atoms with Crippen LogP contribution < -0.4 is 5.32 Å². The second-order valence-electron chi connectivity index (χ2n) is 6.33. The van der Waals surface area contributed by atoms with Crippen LogP contribution in [0.1, 0.15) is 0 Å². The van der Waals surface area contributed by atoms with E-state index in [4.69, 9.17) is 9.90 Å². The minimum absolute atomic E-state index is 0.840. The number of hydrogen-bond donors (Lipinski definition) is 2. The fraction of sp³-hybridized carbons (Fsp3) is 0.0952. The lowest BCUT2D eigenvalue weighted by Gasteiger charge is -2.07. The SMILES string of the molecule is Cn1cc(-c2ccc3cnc(Nc4ccccc4)cc3c2)cn1.O=C(O)C(F)(F)F. The molecule has 2 N–H and O–H groups in total. The first-order chi connectivity index (χ1) is 14.2. The van der Waals surface area contributed by atoms with Gasteiger partial charge in [0.1, 0.15) is 5.82 Å². The standard InChI is InChI=1S/C19H16N4.C2HF3O2/c1-23-13-17(12-21-23)14-7-8-15-11-20-19(10-16(15)9-14)22-18-5-3-2-4-6-18;3-2(4,5)1(6)7/h2-13H,1H3,(H,20,22);(H,6,7). The Morgan fingerprint density at radius 2 is 1.70 bits per heavy atom. The van der Waals surface area contributed by atoms with Crippen molar-refractivity contribution in [3.05, 3.63) is 73.2 Å². The van der Waals surface area contributed by atoms with Crippen LogP contribution in [0, 0.1) is 0 Å². The van der Waals surface area contributed by atoms with E-state index >= 15 is 0 Å². The summed E-state index contributed by atoms with van der Waals surface area (Å²) in [6.45, 7) is 0. The third-order valence-electron chi connectivity index (χ3n) is 4.05. The van der Waals surface area contributed by atoms with Crippen molar-refractivity contribution in [1.29, 1.82) is 0 Å². The number of pyridine rings is 1. The van der Waals surface area contributed by atoms with Crippen molar-refractivity contribution in [1.82, 2.24) is 14.8 Å². The number of anilines is 2. The van der Waals surface area contributed by atoms with Crippen molar-refractivity contribution in [2.45, 2.75) is 6.18 Å². The third-order valence-corrected chi connectivity index (χ3v) is 4.05. The molecule has 0 aliphatic carbocycles. The predicted molar refractivity (Wildman–Crippen MR) is 107 cm³/mol. The number of nitrogens with zero attached hydrogens (tertiary/aromatic N) is 3. The van der Waals surface area contributed by atoms with Crippen LogP contribution in [0.25, 0.3) is 21.9 Å². The number of fused-ring (bicyclic) bond motifs is 1. The van der Waals surface area contributed by atoms with Crippen LogP contribution in [0.3, 0.4) is 0 Å². The Labute approximate surface area is 169 Å². The molecule has 9 heteroatoms. The molecule has 0 spiro atoms. The zero-order valence-electron chi connectivity index (χ0n) is 15.8. The van der Waals surface area contributed by atoms with Gasteiger partial charge in [-0.15, -0.1) is 0 Å². The number of carboxylic acid groups (broad SMARTS) is 1. The molecule has 0 aliphatic heterocycles. The van der Waals surface area contributed by atoms with Gasteiger partial charge >= 0.3 is 12.1 Å². The summed E-state index contributed by atoms with van der Waals surface area (Å²) >= 11 is 0. The second-order valence-corrected chi connectivity index (χ2v) is 6.33. The number of aryl methyl sites for hydroxylation is 1. The Bertz CT molecular complexity index is 1160. The van der Waals surface area contributed by atoms with Gasteiger partial charge in [0.05, 0.1) is 6.20 Å². The summed E-state index contributed by atoms with van der Waals surface area (Å²) in [6, 6.07) is 18.5. The van der Waals surface area contributed by atoms with E-state index in [0.717, 1.165) is 33.4 Å². The van der Waals surface area contributed by atoms with Gasteiger partial charge in [0.2, 0.25) is 0 Å². The van der Waals surface area contributed by atoms with E-state index in [1.54, 1.807) is 0 Å². The lowest BCUT2D eigenvalue weighted by Crippen LogP contribution is -2.21. The number of carboxylic acids is 1. The average Bonchev–Trinajstić information content (AvgIpc) is 3.14. The molecule has 6 nitrogen and oxygen atoms in total. The van der Waals surface area contributed by atoms with E-state index < -0.39 is 12.1 Å². The minimum atomic E-state index is -5.08. The second kappa shape index (κ2) is 8.64. The smallest absolute Gasteiger partial charge is 0.475 e. The molecule has 30 heavy (non-hydrogen) atoms. The van der Waals surface area contributed by atoms with E-state index in [0.29, 0.717) is 0 Å². The molecule has 4 aromatic rings. The molecule has 0 unspecified atom stereocenters. The Morgan fingerprint density at radius 3 is 2.30 bits per heavy atom. The maximum atomic E-state index is 10.6. The zero-order chi connectivity index (χ0) is 21.7. The highest BCUT2D eigenvalue weighted by Gasteiger charge is 2.38. The summed E-state index contributed by atoms with van der Waals surface area (Å²) in [5, 5.41) is 17.0. The molecule has 0 aliphatic rings. The van der Waals surface area contributed by atoms with Crippen molar-refractivity contribution in [2.75, 3.05) is 5.32 Å². The van der Waals surface area contributed by atoms with Crippen molar-refractivity contribution in [3.8, 4) is 11.1 Å². The highest BCUT2D eigenvalue weighted by Crippen LogP contribution is 2.26. The number of carbonyl (C=O) groups is 1. The molecule has 0 atom stereocenters. The number of halogens is 3. The molecule has 0 saturated carbocycles. The summed E-state index contributed by atoms with van der Waals surface area (Å²) in [5.74, 6) is -1.92. The first kappa shape index (κ1) is 20.8. The molecule has 2 heterocycles. The van der Waals surface area contributed by atoms with Gasteiger partial charge < -0.3 is 10.4 Å². The number of hydrogen-bond acceptors (Lipinski definition) is 4. The Morgan fingerprint density at radius 1 is 1.00 bits per heavy atom. The molecule has 154 valence electrons. The fourth-order valence-electron chi connectivity index (χ4n) is 2.63. The van der Waals surface area contributed by atoms with Crippen molar-refractivity contribution in [2.24, 2.45) is 7.05 Å². The van der Waals surface area contributed by atoms with Crippen LogP contribution in [0.4, 0.5) is 24.7 Å². The van der Waals surface area contributed by atoms with Crippen LogP contribution in [-0.4, -0.2) is 32.0 Å². The molecule has 0 bridgehead atoms. The monoisotopic (exact) mass is 414 g/mol. The molecular weight excluding hydrogens is 397 g/mol. The number of para-hydroxylation sites is 1. The molecular formula is C21H17F3N4O2. The van der Waals surface area contributed by atoms with Crippen molar-refractivity contribution < 1.29 is 23.1 Å². The van der Waals surface area contributed by atoms with Crippen LogP contribution in [0.2, 0.25) is 0 Å². The van der Waals surface area contributed by atoms with Gasteiger partial charge in [-0.05, 0) is 35.2 Å². The van der Waals surface area contributed by atoms with E-state index in [1.165, 1.54) is 0 Å². The molecule has 2 aromatic carbocycles. The fourth-order valence-corrected chi connectivity index (χ4v) is 2.63. The van der Waals surface area contributed by atoms with Crippen molar-refractivity contribution in [3.63, 3.8) is 0 Å². The molecule has 0 fully saturated rings. The summed E-state index contributed by atoms with van der Waals surface area (Å²) < 4.78 is 33.6. The molecule has 0 saturated heterocycles. The maximum absolute atomic E-state index is 10.6. The van der Waals surface area contributed by atoms with Crippen molar-refractivity contribution >= 4 is 28.2 Å². The van der Waals surface area contributed by atoms with E-state index in [9.17, 15) is 13.2 Å². The lowest BCUT2D eigenvalue weighted by atomic mass is 10.1. The van der Waals surface area contributed by atoms with Gasteiger partial charge in [-0.25, -0.2) is 9.78 Å².